The van der Waals surface area contributed by atoms with E-state index in [9.17, 15) is 4.79 Å². The number of nitrogens with one attached hydrogen (secondary N) is 2. The molecule has 2 aliphatic heterocycles. The summed E-state index contributed by atoms with van der Waals surface area (Å²) < 4.78 is 0. The first-order valence-electron chi connectivity index (χ1n) is 5.49. The fourth-order valence-corrected chi connectivity index (χ4v) is 2.48. The van der Waals surface area contributed by atoms with Gasteiger partial charge in [0.15, 0.2) is 5.82 Å². The van der Waals surface area contributed by atoms with Gasteiger partial charge in [0, 0.05) is 19.6 Å². The number of halogens is 1. The van der Waals surface area contributed by atoms with E-state index >= 15 is 0 Å². The Labute approximate surface area is 103 Å². The van der Waals surface area contributed by atoms with Gasteiger partial charge < -0.3 is 15.5 Å². The first-order chi connectivity index (χ1) is 8.16. The van der Waals surface area contributed by atoms with Gasteiger partial charge in [0.05, 0.1) is 5.69 Å². The number of rotatable bonds is 0. The van der Waals surface area contributed by atoms with E-state index in [0.29, 0.717) is 17.9 Å². The second-order valence-electron chi connectivity index (χ2n) is 4.18. The van der Waals surface area contributed by atoms with E-state index in [0.717, 1.165) is 18.9 Å². The molecule has 0 saturated carbocycles. The standard InChI is InChI=1S/C10H12ClN5O/c1-5-7-8(15-10(11)13-5)16-3-2-12-4-6(16)9(17)14-7/h6,12H,2-4H2,1H3,(H,14,17). The van der Waals surface area contributed by atoms with Crippen LogP contribution >= 0.6 is 11.6 Å². The number of hydrogen-bond acceptors (Lipinski definition) is 5. The summed E-state index contributed by atoms with van der Waals surface area (Å²) in [5.41, 5.74) is 1.38. The first-order valence-corrected chi connectivity index (χ1v) is 5.87. The van der Waals surface area contributed by atoms with Gasteiger partial charge in [-0.05, 0) is 18.5 Å². The lowest BCUT2D eigenvalue weighted by molar-refractivity contribution is -0.117. The van der Waals surface area contributed by atoms with Crippen molar-refractivity contribution < 1.29 is 4.79 Å². The Balaban J connectivity index is 2.13. The van der Waals surface area contributed by atoms with Crippen LogP contribution in [0.1, 0.15) is 5.69 Å². The van der Waals surface area contributed by atoms with Crippen LogP contribution in [0.3, 0.4) is 0 Å². The zero-order valence-corrected chi connectivity index (χ0v) is 10.1. The molecule has 0 aromatic carbocycles. The number of carbonyl (C=O) groups is 1. The summed E-state index contributed by atoms with van der Waals surface area (Å²) in [6.07, 6.45) is 0. The van der Waals surface area contributed by atoms with E-state index in [-0.39, 0.29) is 17.2 Å². The molecule has 0 bridgehead atoms. The highest BCUT2D eigenvalue weighted by molar-refractivity contribution is 6.28. The molecule has 0 spiro atoms. The SMILES string of the molecule is Cc1nc(Cl)nc2c1NC(=O)C1CNCCN21. The van der Waals surface area contributed by atoms with Crippen LogP contribution in [0.15, 0.2) is 0 Å². The summed E-state index contributed by atoms with van der Waals surface area (Å²) in [7, 11) is 0. The summed E-state index contributed by atoms with van der Waals surface area (Å²) in [4.78, 5) is 22.2. The maximum Gasteiger partial charge on any atom is 0.248 e. The molecule has 1 fully saturated rings. The lowest BCUT2D eigenvalue weighted by Gasteiger charge is -2.40. The van der Waals surface area contributed by atoms with Crippen LogP contribution in [0.4, 0.5) is 11.5 Å². The fraction of sp³-hybridized carbons (Fsp3) is 0.500. The molecule has 1 unspecified atom stereocenters. The van der Waals surface area contributed by atoms with Gasteiger partial charge in [-0.1, -0.05) is 0 Å². The molecule has 0 aliphatic carbocycles. The second-order valence-corrected chi connectivity index (χ2v) is 4.52. The predicted molar refractivity (Wildman–Crippen MR) is 64.4 cm³/mol. The average Bonchev–Trinajstić information content (AvgIpc) is 2.31. The Bertz CT molecular complexity index is 492. The highest BCUT2D eigenvalue weighted by Crippen LogP contribution is 2.33. The first kappa shape index (κ1) is 10.7. The van der Waals surface area contributed by atoms with E-state index in [4.69, 9.17) is 11.6 Å². The molecule has 1 aromatic rings. The smallest absolute Gasteiger partial charge is 0.248 e. The number of aromatic nitrogens is 2. The molecule has 1 saturated heterocycles. The second kappa shape index (κ2) is 3.82. The summed E-state index contributed by atoms with van der Waals surface area (Å²) >= 11 is 5.87. The summed E-state index contributed by atoms with van der Waals surface area (Å²) in [6.45, 7) is 4.03. The Kier molecular flexibility index (Phi) is 2.41. The molecule has 17 heavy (non-hydrogen) atoms. The van der Waals surface area contributed by atoms with Crippen molar-refractivity contribution in [2.45, 2.75) is 13.0 Å². The Hall–Kier alpha value is -1.40. The minimum absolute atomic E-state index is 0.0151. The van der Waals surface area contributed by atoms with Crippen LogP contribution in [0.25, 0.3) is 0 Å². The van der Waals surface area contributed by atoms with E-state index in [1.807, 2.05) is 11.8 Å². The topological polar surface area (TPSA) is 70.1 Å². The number of fused-ring (bicyclic) bond motifs is 3. The third kappa shape index (κ3) is 1.64. The van der Waals surface area contributed by atoms with Crippen LogP contribution in [-0.2, 0) is 4.79 Å². The number of carbonyl (C=O) groups excluding carboxylic acids is 1. The Morgan fingerprint density at radius 3 is 3.12 bits per heavy atom. The van der Waals surface area contributed by atoms with Crippen molar-refractivity contribution in [2.24, 2.45) is 0 Å². The van der Waals surface area contributed by atoms with Crippen molar-refractivity contribution in [3.63, 3.8) is 0 Å². The molecular weight excluding hydrogens is 242 g/mol. The van der Waals surface area contributed by atoms with Crippen LogP contribution in [0.2, 0.25) is 5.28 Å². The van der Waals surface area contributed by atoms with Gasteiger partial charge in [-0.3, -0.25) is 4.79 Å². The van der Waals surface area contributed by atoms with E-state index < -0.39 is 0 Å². The zero-order chi connectivity index (χ0) is 12.0. The third-order valence-corrected chi connectivity index (χ3v) is 3.28. The Morgan fingerprint density at radius 2 is 2.29 bits per heavy atom. The largest absolute Gasteiger partial charge is 0.340 e. The van der Waals surface area contributed by atoms with E-state index in [1.54, 1.807) is 0 Å². The molecule has 2 N–H and O–H groups in total. The van der Waals surface area contributed by atoms with E-state index in [1.165, 1.54) is 0 Å². The molecule has 90 valence electrons. The molecule has 3 rings (SSSR count). The number of hydrogen-bond donors (Lipinski definition) is 2. The van der Waals surface area contributed by atoms with Gasteiger partial charge in [-0.25, -0.2) is 4.98 Å². The van der Waals surface area contributed by atoms with Gasteiger partial charge in [0.1, 0.15) is 11.7 Å². The zero-order valence-electron chi connectivity index (χ0n) is 9.33. The maximum absolute atomic E-state index is 11.9. The molecule has 6 nitrogen and oxygen atoms in total. The minimum Gasteiger partial charge on any atom is -0.340 e. The van der Waals surface area contributed by atoms with Crippen LogP contribution < -0.4 is 15.5 Å². The summed E-state index contributed by atoms with van der Waals surface area (Å²) in [5.74, 6) is 0.715. The number of nitrogens with zero attached hydrogens (tertiary/aromatic N) is 3. The molecule has 7 heteroatoms. The number of aryl methyl sites for hydroxylation is 1. The molecular formula is C10H12ClN5O. The molecule has 1 amide bonds. The van der Waals surface area contributed by atoms with Crippen molar-refractivity contribution in [3.8, 4) is 0 Å². The highest BCUT2D eigenvalue weighted by Gasteiger charge is 2.36. The quantitative estimate of drug-likeness (QED) is 0.645. The van der Waals surface area contributed by atoms with Crippen molar-refractivity contribution in [3.05, 3.63) is 11.0 Å². The lowest BCUT2D eigenvalue weighted by Crippen LogP contribution is -2.59. The van der Waals surface area contributed by atoms with Crippen molar-refractivity contribution in [1.29, 1.82) is 0 Å². The van der Waals surface area contributed by atoms with E-state index in [2.05, 4.69) is 20.6 Å². The molecule has 3 heterocycles. The van der Waals surface area contributed by atoms with Gasteiger partial charge in [0.25, 0.3) is 0 Å². The Morgan fingerprint density at radius 1 is 1.47 bits per heavy atom. The fourth-order valence-electron chi connectivity index (χ4n) is 2.28. The van der Waals surface area contributed by atoms with Crippen molar-refractivity contribution >= 4 is 29.0 Å². The number of piperazine rings is 1. The molecule has 2 aliphatic rings. The van der Waals surface area contributed by atoms with Crippen molar-refractivity contribution in [1.82, 2.24) is 15.3 Å². The highest BCUT2D eigenvalue weighted by atomic mass is 35.5. The molecule has 1 aromatic heterocycles. The minimum atomic E-state index is -0.207. The molecule has 1 atom stereocenters. The number of anilines is 2. The van der Waals surface area contributed by atoms with Crippen LogP contribution in [0, 0.1) is 6.92 Å². The van der Waals surface area contributed by atoms with Gasteiger partial charge in [0.2, 0.25) is 11.2 Å². The monoisotopic (exact) mass is 253 g/mol. The van der Waals surface area contributed by atoms with Gasteiger partial charge in [-0.15, -0.1) is 0 Å². The predicted octanol–water partition coefficient (Wildman–Crippen LogP) is 0.169. The average molecular weight is 254 g/mol. The van der Waals surface area contributed by atoms with Gasteiger partial charge in [-0.2, -0.15) is 4.98 Å². The van der Waals surface area contributed by atoms with Crippen LogP contribution in [0.5, 0.6) is 0 Å². The normalized spacial score (nSPS) is 22.8. The molecule has 0 radical (unpaired) electrons. The summed E-state index contributed by atoms with van der Waals surface area (Å²) in [6, 6.07) is -0.207. The van der Waals surface area contributed by atoms with Crippen LogP contribution in [-0.4, -0.2) is 41.6 Å². The number of amides is 1. The van der Waals surface area contributed by atoms with Crippen molar-refractivity contribution in [2.75, 3.05) is 29.9 Å². The van der Waals surface area contributed by atoms with Gasteiger partial charge >= 0.3 is 0 Å². The summed E-state index contributed by atoms with van der Waals surface area (Å²) in [5, 5.41) is 6.26. The lowest BCUT2D eigenvalue weighted by atomic mass is 10.1. The third-order valence-electron chi connectivity index (χ3n) is 3.11. The maximum atomic E-state index is 11.9.